The smallest absolute Gasteiger partial charge is 0.138 e. The van der Waals surface area contributed by atoms with E-state index in [1.165, 1.54) is 0 Å². The first-order valence-electron chi connectivity index (χ1n) is 6.80. The van der Waals surface area contributed by atoms with E-state index in [-0.39, 0.29) is 0 Å². The number of aromatic nitrogens is 4. The van der Waals surface area contributed by atoms with E-state index < -0.39 is 0 Å². The van der Waals surface area contributed by atoms with Gasteiger partial charge in [0.2, 0.25) is 0 Å². The van der Waals surface area contributed by atoms with E-state index in [2.05, 4.69) is 19.4 Å². The highest BCUT2D eigenvalue weighted by molar-refractivity contribution is 5.76. The zero-order valence-corrected chi connectivity index (χ0v) is 11.6. The van der Waals surface area contributed by atoms with Crippen LogP contribution >= 0.6 is 0 Å². The van der Waals surface area contributed by atoms with Gasteiger partial charge in [0.25, 0.3) is 0 Å². The predicted molar refractivity (Wildman–Crippen MR) is 80.4 cm³/mol. The maximum Gasteiger partial charge on any atom is 0.138 e. The second-order valence-corrected chi connectivity index (χ2v) is 4.95. The van der Waals surface area contributed by atoms with Gasteiger partial charge in [-0.15, -0.1) is 0 Å². The third-order valence-corrected chi connectivity index (χ3v) is 3.58. The normalized spacial score (nSPS) is 11.3. The van der Waals surface area contributed by atoms with Gasteiger partial charge in [0.05, 0.1) is 17.6 Å². The van der Waals surface area contributed by atoms with Crippen LogP contribution in [-0.2, 0) is 6.61 Å². The Morgan fingerprint density at radius 2 is 2.24 bits per heavy atom. The van der Waals surface area contributed by atoms with Crippen LogP contribution in [0.2, 0.25) is 0 Å². The Hall–Kier alpha value is -2.82. The number of fused-ring (bicyclic) bond motifs is 2. The van der Waals surface area contributed by atoms with Gasteiger partial charge < -0.3 is 14.1 Å². The fourth-order valence-electron chi connectivity index (χ4n) is 2.49. The summed E-state index contributed by atoms with van der Waals surface area (Å²) in [6.45, 7) is 2.47. The molecule has 0 aliphatic carbocycles. The highest BCUT2D eigenvalue weighted by Crippen LogP contribution is 2.19. The second kappa shape index (κ2) is 4.63. The van der Waals surface area contributed by atoms with E-state index in [9.17, 15) is 0 Å². The molecule has 0 aromatic carbocycles. The lowest BCUT2D eigenvalue weighted by Crippen LogP contribution is -2.01. The van der Waals surface area contributed by atoms with Crippen LogP contribution in [0.5, 0.6) is 5.75 Å². The lowest BCUT2D eigenvalue weighted by atomic mass is 10.3. The summed E-state index contributed by atoms with van der Waals surface area (Å²) in [5, 5.41) is 1.04. The van der Waals surface area contributed by atoms with Gasteiger partial charge in [-0.3, -0.25) is 0 Å². The maximum atomic E-state index is 5.88. The topological polar surface area (TPSA) is 55.2 Å². The van der Waals surface area contributed by atoms with Gasteiger partial charge >= 0.3 is 0 Å². The van der Waals surface area contributed by atoms with Crippen molar-refractivity contribution >= 4 is 16.7 Å². The van der Waals surface area contributed by atoms with Gasteiger partial charge in [0.1, 0.15) is 23.7 Å². The molecule has 0 unspecified atom stereocenters. The number of aryl methyl sites for hydroxylation is 1. The lowest BCUT2D eigenvalue weighted by molar-refractivity contribution is 0.298. The highest BCUT2D eigenvalue weighted by Gasteiger charge is 2.09. The Kier molecular flexibility index (Phi) is 2.64. The summed E-state index contributed by atoms with van der Waals surface area (Å²) in [4.78, 5) is 11.9. The van der Waals surface area contributed by atoms with Gasteiger partial charge in [-0.25, -0.2) is 9.97 Å². The summed E-state index contributed by atoms with van der Waals surface area (Å²) in [6, 6.07) is 9.93. The second-order valence-electron chi connectivity index (χ2n) is 4.95. The van der Waals surface area contributed by atoms with Crippen molar-refractivity contribution in [1.82, 2.24) is 19.4 Å². The molecular formula is C16H14N4O. The average molecular weight is 278 g/mol. The molecule has 4 aromatic heterocycles. The quantitative estimate of drug-likeness (QED) is 0.626. The molecule has 4 rings (SSSR count). The number of aromatic amines is 1. The number of pyridine rings is 2. The number of ether oxygens (including phenoxy) is 1. The van der Waals surface area contributed by atoms with Crippen molar-refractivity contribution in [2.75, 3.05) is 0 Å². The highest BCUT2D eigenvalue weighted by atomic mass is 16.5. The fourth-order valence-corrected chi connectivity index (χ4v) is 2.49. The third-order valence-electron chi connectivity index (χ3n) is 3.58. The zero-order chi connectivity index (χ0) is 14.2. The van der Waals surface area contributed by atoms with E-state index in [0.29, 0.717) is 6.61 Å². The molecule has 0 radical (unpaired) electrons. The first kappa shape index (κ1) is 12.0. The number of hydrogen-bond acceptors (Lipinski definition) is 3. The average Bonchev–Trinajstić information content (AvgIpc) is 3.08. The van der Waals surface area contributed by atoms with Gasteiger partial charge in [-0.2, -0.15) is 0 Å². The Balaban J connectivity index is 1.64. The molecule has 0 atom stereocenters. The van der Waals surface area contributed by atoms with Gasteiger partial charge in [0, 0.05) is 17.8 Å². The number of H-pyrrole nitrogens is 1. The van der Waals surface area contributed by atoms with Crippen molar-refractivity contribution in [3.05, 3.63) is 60.3 Å². The molecule has 4 heterocycles. The summed E-state index contributed by atoms with van der Waals surface area (Å²) in [7, 11) is 0. The Bertz CT molecular complexity index is 922. The number of imidazole rings is 1. The first-order valence-corrected chi connectivity index (χ1v) is 6.80. The number of rotatable bonds is 3. The van der Waals surface area contributed by atoms with Gasteiger partial charge in [-0.05, 0) is 31.2 Å². The monoisotopic (exact) mass is 278 g/mol. The lowest BCUT2D eigenvalue weighted by Gasteiger charge is -2.06. The predicted octanol–water partition coefficient (Wildman–Crippen LogP) is 3.10. The zero-order valence-electron chi connectivity index (χ0n) is 11.6. The Morgan fingerprint density at radius 3 is 3.19 bits per heavy atom. The van der Waals surface area contributed by atoms with Gasteiger partial charge in [-0.1, -0.05) is 6.07 Å². The molecule has 5 nitrogen and oxygen atoms in total. The van der Waals surface area contributed by atoms with Crippen LogP contribution in [0.1, 0.15) is 11.4 Å². The fraction of sp³-hybridized carbons (Fsp3) is 0.125. The summed E-state index contributed by atoms with van der Waals surface area (Å²) in [5.74, 6) is 0.757. The van der Waals surface area contributed by atoms with Crippen molar-refractivity contribution in [1.29, 1.82) is 0 Å². The summed E-state index contributed by atoms with van der Waals surface area (Å²) < 4.78 is 7.93. The molecule has 21 heavy (non-hydrogen) atoms. The molecule has 5 heteroatoms. The molecule has 0 saturated carbocycles. The molecule has 0 spiro atoms. The minimum absolute atomic E-state index is 0.467. The molecule has 0 aliphatic heterocycles. The minimum Gasteiger partial charge on any atom is -0.486 e. The first-order chi connectivity index (χ1) is 10.3. The number of nitrogens with one attached hydrogen (secondary N) is 1. The van der Waals surface area contributed by atoms with Crippen LogP contribution in [0.3, 0.4) is 0 Å². The summed E-state index contributed by atoms with van der Waals surface area (Å²) >= 11 is 0. The van der Waals surface area contributed by atoms with Crippen LogP contribution in [0.4, 0.5) is 0 Å². The van der Waals surface area contributed by atoms with Gasteiger partial charge in [0.15, 0.2) is 0 Å². The Labute approximate surface area is 121 Å². The van der Waals surface area contributed by atoms with Crippen LogP contribution in [0.25, 0.3) is 16.7 Å². The largest absolute Gasteiger partial charge is 0.486 e. The maximum absolute atomic E-state index is 5.88. The van der Waals surface area contributed by atoms with E-state index >= 15 is 0 Å². The molecule has 0 saturated heterocycles. The van der Waals surface area contributed by atoms with Crippen LogP contribution in [0, 0.1) is 6.92 Å². The molecular weight excluding hydrogens is 264 g/mol. The van der Waals surface area contributed by atoms with Crippen molar-refractivity contribution in [2.45, 2.75) is 13.5 Å². The van der Waals surface area contributed by atoms with E-state index in [1.54, 1.807) is 6.20 Å². The van der Waals surface area contributed by atoms with Crippen LogP contribution in [-0.4, -0.2) is 19.4 Å². The van der Waals surface area contributed by atoms with Crippen molar-refractivity contribution in [3.63, 3.8) is 0 Å². The third kappa shape index (κ3) is 2.03. The number of nitrogens with zero attached hydrogens (tertiary/aromatic N) is 3. The van der Waals surface area contributed by atoms with Crippen LogP contribution < -0.4 is 4.74 Å². The van der Waals surface area contributed by atoms with Crippen LogP contribution in [0.15, 0.2) is 48.9 Å². The van der Waals surface area contributed by atoms with E-state index in [0.717, 1.165) is 33.8 Å². The molecule has 104 valence electrons. The van der Waals surface area contributed by atoms with Crippen molar-refractivity contribution < 1.29 is 4.74 Å². The number of hydrogen-bond donors (Lipinski definition) is 1. The summed E-state index contributed by atoms with van der Waals surface area (Å²) in [5.41, 5.74) is 3.85. The molecule has 4 aromatic rings. The SMILES string of the molecule is Cc1nc2ccccn2c1COc1cnc2[nH]ccc2c1. The minimum atomic E-state index is 0.467. The molecule has 0 amide bonds. The molecule has 0 aliphatic rings. The van der Waals surface area contributed by atoms with E-state index in [1.807, 2.05) is 49.6 Å². The van der Waals surface area contributed by atoms with E-state index in [4.69, 9.17) is 4.74 Å². The molecule has 1 N–H and O–H groups in total. The molecule has 0 bridgehead atoms. The van der Waals surface area contributed by atoms with Crippen molar-refractivity contribution in [3.8, 4) is 5.75 Å². The molecule has 0 fully saturated rings. The Morgan fingerprint density at radius 1 is 1.29 bits per heavy atom. The standard InChI is InChI=1S/C16H14N4O/c1-11-14(20-7-3-2-4-15(20)19-11)10-21-13-8-12-5-6-17-16(12)18-9-13/h2-9H,10H2,1H3,(H,17,18). The van der Waals surface area contributed by atoms with Crippen molar-refractivity contribution in [2.24, 2.45) is 0 Å². The summed E-state index contributed by atoms with van der Waals surface area (Å²) in [6.07, 6.45) is 5.61.